The van der Waals surface area contributed by atoms with Crippen LogP contribution in [0.4, 0.5) is 0 Å². The number of amides is 1. The Hall–Kier alpha value is -2.40. The molecule has 4 nitrogen and oxygen atoms in total. The zero-order valence-corrected chi connectivity index (χ0v) is 17.2. The molecular weight excluding hydrogens is 378 g/mol. The van der Waals surface area contributed by atoms with Crippen molar-refractivity contribution in [2.24, 2.45) is 17.8 Å². The first kappa shape index (κ1) is 17.5. The third-order valence-corrected chi connectivity index (χ3v) is 8.03. The van der Waals surface area contributed by atoms with Crippen LogP contribution in [0.5, 0.6) is 0 Å². The summed E-state index contributed by atoms with van der Waals surface area (Å²) >= 11 is 1.65. The Bertz CT molecular complexity index is 1000. The van der Waals surface area contributed by atoms with Gasteiger partial charge in [-0.15, -0.1) is 11.3 Å². The van der Waals surface area contributed by atoms with Crippen molar-refractivity contribution in [3.8, 4) is 16.3 Å². The van der Waals surface area contributed by atoms with Crippen LogP contribution >= 0.6 is 11.3 Å². The Kier molecular flexibility index (Phi) is 3.95. The van der Waals surface area contributed by atoms with Crippen LogP contribution in [0.3, 0.4) is 0 Å². The number of aromatic nitrogens is 2. The molecule has 5 heteroatoms. The maximum atomic E-state index is 13.5. The van der Waals surface area contributed by atoms with Crippen molar-refractivity contribution in [2.75, 3.05) is 0 Å². The number of hydrogen-bond acceptors (Lipinski definition) is 3. The van der Waals surface area contributed by atoms with Gasteiger partial charge >= 0.3 is 0 Å². The predicted molar refractivity (Wildman–Crippen MR) is 115 cm³/mol. The third kappa shape index (κ3) is 3.03. The second-order valence-electron chi connectivity index (χ2n) is 9.29. The number of nitrogens with one attached hydrogen (secondary N) is 1. The maximum absolute atomic E-state index is 13.5. The minimum absolute atomic E-state index is 0.000711. The molecule has 4 saturated carbocycles. The van der Waals surface area contributed by atoms with E-state index in [1.54, 1.807) is 11.3 Å². The van der Waals surface area contributed by atoms with E-state index in [-0.39, 0.29) is 11.4 Å². The van der Waals surface area contributed by atoms with Gasteiger partial charge in [0.1, 0.15) is 11.4 Å². The Labute approximate surface area is 175 Å². The van der Waals surface area contributed by atoms with Crippen molar-refractivity contribution in [2.45, 2.75) is 44.1 Å². The van der Waals surface area contributed by atoms with Gasteiger partial charge in [-0.1, -0.05) is 24.3 Å². The fourth-order valence-corrected chi connectivity index (χ4v) is 7.10. The quantitative estimate of drug-likeness (QED) is 0.643. The SMILES string of the molecule is O=C(NC12CC3CC(CC(C3)C1)C2)c1cc(-c2cccs2)nn1-c1ccccc1. The monoisotopic (exact) mass is 403 g/mol. The average molecular weight is 404 g/mol. The second-order valence-corrected chi connectivity index (χ2v) is 10.2. The van der Waals surface area contributed by atoms with Crippen molar-refractivity contribution >= 4 is 17.2 Å². The van der Waals surface area contributed by atoms with Gasteiger partial charge in [0.2, 0.25) is 0 Å². The molecule has 148 valence electrons. The first-order chi connectivity index (χ1) is 14.2. The molecule has 2 heterocycles. The first-order valence-electron chi connectivity index (χ1n) is 10.7. The van der Waals surface area contributed by atoms with Gasteiger partial charge in [0, 0.05) is 5.54 Å². The standard InChI is InChI=1S/C24H25N3OS/c28-23(25-24-13-16-9-17(14-24)11-18(10-16)15-24)21-12-20(22-7-4-8-29-22)26-27(21)19-5-2-1-3-6-19/h1-8,12,16-18H,9-11,13-15H2,(H,25,28). The molecule has 4 bridgehead atoms. The van der Waals surface area contributed by atoms with Crippen molar-refractivity contribution in [3.05, 3.63) is 59.6 Å². The van der Waals surface area contributed by atoms with Crippen LogP contribution in [-0.4, -0.2) is 21.2 Å². The number of nitrogens with zero attached hydrogens (tertiary/aromatic N) is 2. The molecule has 3 aromatic rings. The molecule has 0 unspecified atom stereocenters. The third-order valence-electron chi connectivity index (χ3n) is 7.13. The summed E-state index contributed by atoms with van der Waals surface area (Å²) in [5.41, 5.74) is 2.42. The molecule has 29 heavy (non-hydrogen) atoms. The Morgan fingerprint density at radius 1 is 1.00 bits per heavy atom. The minimum atomic E-state index is 0.000711. The lowest BCUT2D eigenvalue weighted by molar-refractivity contribution is -0.0168. The Balaban J connectivity index is 1.36. The molecule has 0 atom stereocenters. The molecule has 7 rings (SSSR count). The smallest absolute Gasteiger partial charge is 0.270 e. The van der Waals surface area contributed by atoms with Crippen molar-refractivity contribution in [1.29, 1.82) is 0 Å². The van der Waals surface area contributed by atoms with Gasteiger partial charge in [-0.05, 0) is 85.9 Å². The largest absolute Gasteiger partial charge is 0.345 e. The van der Waals surface area contributed by atoms with Gasteiger partial charge in [-0.25, -0.2) is 4.68 Å². The lowest BCUT2D eigenvalue weighted by atomic mass is 9.53. The van der Waals surface area contributed by atoms with E-state index < -0.39 is 0 Å². The van der Waals surface area contributed by atoms with E-state index in [9.17, 15) is 4.79 Å². The summed E-state index contributed by atoms with van der Waals surface area (Å²) in [6.45, 7) is 0. The van der Waals surface area contributed by atoms with E-state index in [1.807, 2.05) is 52.5 Å². The highest BCUT2D eigenvalue weighted by Gasteiger charge is 2.51. The molecule has 2 aromatic heterocycles. The second kappa shape index (κ2) is 6.56. The molecule has 0 saturated heterocycles. The number of rotatable bonds is 4. The first-order valence-corrected chi connectivity index (χ1v) is 11.6. The Morgan fingerprint density at radius 3 is 2.31 bits per heavy atom. The van der Waals surface area contributed by atoms with E-state index in [0.717, 1.165) is 53.3 Å². The topological polar surface area (TPSA) is 46.9 Å². The molecule has 1 amide bonds. The highest BCUT2D eigenvalue weighted by molar-refractivity contribution is 7.13. The fraction of sp³-hybridized carbons (Fsp3) is 0.417. The van der Waals surface area contributed by atoms with E-state index >= 15 is 0 Å². The van der Waals surface area contributed by atoms with E-state index in [1.165, 1.54) is 19.3 Å². The van der Waals surface area contributed by atoms with Gasteiger partial charge in [0.25, 0.3) is 5.91 Å². The molecule has 0 spiro atoms. The summed E-state index contributed by atoms with van der Waals surface area (Å²) in [6, 6.07) is 16.0. The summed E-state index contributed by atoms with van der Waals surface area (Å²) in [6.07, 6.45) is 7.59. The zero-order valence-electron chi connectivity index (χ0n) is 16.4. The van der Waals surface area contributed by atoms with E-state index in [4.69, 9.17) is 5.10 Å². The molecule has 1 N–H and O–H groups in total. The minimum Gasteiger partial charge on any atom is -0.345 e. The van der Waals surface area contributed by atoms with Gasteiger partial charge < -0.3 is 5.32 Å². The van der Waals surface area contributed by atoms with Crippen LogP contribution in [0, 0.1) is 17.8 Å². The van der Waals surface area contributed by atoms with Crippen LogP contribution in [0.15, 0.2) is 53.9 Å². The maximum Gasteiger partial charge on any atom is 0.270 e. The molecule has 4 fully saturated rings. The Morgan fingerprint density at radius 2 is 1.69 bits per heavy atom. The van der Waals surface area contributed by atoms with Gasteiger partial charge in [0.15, 0.2) is 0 Å². The van der Waals surface area contributed by atoms with Gasteiger partial charge in [-0.2, -0.15) is 5.10 Å². The summed E-state index contributed by atoms with van der Waals surface area (Å²) < 4.78 is 1.81. The van der Waals surface area contributed by atoms with Crippen molar-refractivity contribution in [3.63, 3.8) is 0 Å². The van der Waals surface area contributed by atoms with Crippen molar-refractivity contribution in [1.82, 2.24) is 15.1 Å². The van der Waals surface area contributed by atoms with Crippen LogP contribution in [0.2, 0.25) is 0 Å². The summed E-state index contributed by atoms with van der Waals surface area (Å²) in [4.78, 5) is 14.6. The van der Waals surface area contributed by atoms with Crippen molar-refractivity contribution < 1.29 is 4.79 Å². The molecule has 0 aliphatic heterocycles. The molecule has 0 radical (unpaired) electrons. The zero-order chi connectivity index (χ0) is 19.4. The number of thiophene rings is 1. The highest BCUT2D eigenvalue weighted by Crippen LogP contribution is 2.55. The number of carbonyl (C=O) groups excluding carboxylic acids is 1. The van der Waals surface area contributed by atoms with Crippen LogP contribution in [-0.2, 0) is 0 Å². The molecule has 4 aliphatic rings. The average Bonchev–Trinajstić information content (AvgIpc) is 3.37. The predicted octanol–water partition coefficient (Wildman–Crippen LogP) is 5.30. The van der Waals surface area contributed by atoms with Crippen LogP contribution in [0.1, 0.15) is 49.0 Å². The number of carbonyl (C=O) groups is 1. The fourth-order valence-electron chi connectivity index (χ4n) is 6.42. The van der Waals surface area contributed by atoms with Gasteiger partial charge in [-0.3, -0.25) is 4.79 Å². The van der Waals surface area contributed by atoms with Gasteiger partial charge in [0.05, 0.1) is 10.6 Å². The lowest BCUT2D eigenvalue weighted by Gasteiger charge is -2.56. The number of hydrogen-bond donors (Lipinski definition) is 1. The number of para-hydroxylation sites is 1. The number of benzene rings is 1. The summed E-state index contributed by atoms with van der Waals surface area (Å²) in [5, 5.41) is 10.4. The lowest BCUT2D eigenvalue weighted by Crippen LogP contribution is -2.60. The summed E-state index contributed by atoms with van der Waals surface area (Å²) in [5.74, 6) is 2.44. The summed E-state index contributed by atoms with van der Waals surface area (Å²) in [7, 11) is 0. The highest BCUT2D eigenvalue weighted by atomic mass is 32.1. The van der Waals surface area contributed by atoms with Crippen LogP contribution < -0.4 is 5.32 Å². The van der Waals surface area contributed by atoms with Crippen LogP contribution in [0.25, 0.3) is 16.3 Å². The van der Waals surface area contributed by atoms with E-state index in [0.29, 0.717) is 5.69 Å². The molecule has 4 aliphatic carbocycles. The molecule has 1 aromatic carbocycles. The molecular formula is C24H25N3OS. The van der Waals surface area contributed by atoms with E-state index in [2.05, 4.69) is 11.4 Å². The normalized spacial score (nSPS) is 29.9.